The molecule has 0 aromatic rings. The molecule has 0 aromatic heterocycles. The van der Waals surface area contributed by atoms with Crippen LogP contribution in [0, 0.1) is 0 Å². The second kappa shape index (κ2) is 7.96. The van der Waals surface area contributed by atoms with Gasteiger partial charge >= 0.3 is 5.97 Å². The molecule has 1 saturated heterocycles. The van der Waals surface area contributed by atoms with Crippen molar-refractivity contribution in [1.29, 1.82) is 0 Å². The average molecular weight is 284 g/mol. The van der Waals surface area contributed by atoms with Crippen LogP contribution in [0.25, 0.3) is 0 Å². The number of hydrogen-bond donors (Lipinski definition) is 1. The Kier molecular flexibility index (Phi) is 6.26. The fourth-order valence-electron chi connectivity index (χ4n) is 2.69. The number of nitrogens with one attached hydrogen (secondary N) is 1. The summed E-state index contributed by atoms with van der Waals surface area (Å²) in [6.45, 7) is 2.74. The highest BCUT2D eigenvalue weighted by Gasteiger charge is 2.29. The summed E-state index contributed by atoms with van der Waals surface area (Å²) in [4.78, 5) is 14.0. The Balaban J connectivity index is 1.68. The summed E-state index contributed by atoms with van der Waals surface area (Å²) in [5, 5.41) is 3.37. The molecule has 5 heteroatoms. The van der Waals surface area contributed by atoms with Crippen LogP contribution in [0.1, 0.15) is 38.5 Å². The standard InChI is InChI=1S/C15H28N2O3/c1-17(11-13-5-3-4-10-20-13)9-8-14(15(18)19-2)16-12-6-7-12/h12-14,16H,3-11H2,1-2H3. The van der Waals surface area contributed by atoms with Crippen LogP contribution in [0.3, 0.4) is 0 Å². The van der Waals surface area contributed by atoms with Crippen LogP contribution in [0.2, 0.25) is 0 Å². The first-order valence-corrected chi connectivity index (χ1v) is 7.83. The van der Waals surface area contributed by atoms with Crippen molar-refractivity contribution in [3.8, 4) is 0 Å². The molecule has 0 amide bonds. The Labute approximate surface area is 122 Å². The molecular formula is C15H28N2O3. The molecular weight excluding hydrogens is 256 g/mol. The Morgan fingerprint density at radius 1 is 1.40 bits per heavy atom. The van der Waals surface area contributed by atoms with E-state index < -0.39 is 0 Å². The second-order valence-corrected chi connectivity index (χ2v) is 6.06. The van der Waals surface area contributed by atoms with Gasteiger partial charge in [0.1, 0.15) is 6.04 Å². The molecule has 0 bridgehead atoms. The van der Waals surface area contributed by atoms with Crippen LogP contribution in [-0.2, 0) is 14.3 Å². The van der Waals surface area contributed by atoms with E-state index in [1.165, 1.54) is 32.8 Å². The quantitative estimate of drug-likeness (QED) is 0.678. The first kappa shape index (κ1) is 15.7. The van der Waals surface area contributed by atoms with E-state index in [9.17, 15) is 4.79 Å². The zero-order chi connectivity index (χ0) is 14.4. The van der Waals surface area contributed by atoms with E-state index >= 15 is 0 Å². The fourth-order valence-corrected chi connectivity index (χ4v) is 2.69. The molecule has 1 N–H and O–H groups in total. The average Bonchev–Trinajstić information content (AvgIpc) is 3.27. The van der Waals surface area contributed by atoms with Crippen molar-refractivity contribution in [2.45, 2.75) is 56.7 Å². The summed E-state index contributed by atoms with van der Waals surface area (Å²) in [6, 6.07) is 0.355. The number of nitrogens with zero attached hydrogens (tertiary/aromatic N) is 1. The number of hydrogen-bond acceptors (Lipinski definition) is 5. The Morgan fingerprint density at radius 2 is 2.20 bits per heavy atom. The number of ether oxygens (including phenoxy) is 2. The molecule has 1 aliphatic carbocycles. The van der Waals surface area contributed by atoms with Crippen LogP contribution in [-0.4, -0.2) is 62.9 Å². The van der Waals surface area contributed by atoms with Gasteiger partial charge in [-0.15, -0.1) is 0 Å². The third kappa shape index (κ3) is 5.38. The van der Waals surface area contributed by atoms with Crippen LogP contribution in [0.4, 0.5) is 0 Å². The van der Waals surface area contributed by atoms with Crippen molar-refractivity contribution in [2.24, 2.45) is 0 Å². The topological polar surface area (TPSA) is 50.8 Å². The first-order valence-electron chi connectivity index (χ1n) is 7.83. The largest absolute Gasteiger partial charge is 0.468 e. The number of rotatable bonds is 8. The molecule has 2 rings (SSSR count). The zero-order valence-electron chi connectivity index (χ0n) is 12.8. The smallest absolute Gasteiger partial charge is 0.322 e. The van der Waals surface area contributed by atoms with Crippen molar-refractivity contribution in [2.75, 3.05) is 33.9 Å². The van der Waals surface area contributed by atoms with Crippen molar-refractivity contribution in [3.63, 3.8) is 0 Å². The van der Waals surface area contributed by atoms with Gasteiger partial charge in [0.2, 0.25) is 0 Å². The molecule has 116 valence electrons. The van der Waals surface area contributed by atoms with Crippen LogP contribution in [0.5, 0.6) is 0 Å². The van der Waals surface area contributed by atoms with E-state index in [-0.39, 0.29) is 12.0 Å². The lowest BCUT2D eigenvalue weighted by Gasteiger charge is -2.28. The minimum absolute atomic E-state index is 0.140. The molecule has 1 heterocycles. The SMILES string of the molecule is COC(=O)C(CCN(C)CC1CCCCO1)NC1CC1. The lowest BCUT2D eigenvalue weighted by atomic mass is 10.1. The van der Waals surface area contributed by atoms with Gasteiger partial charge in [0, 0.05) is 19.2 Å². The number of methoxy groups -OCH3 is 1. The molecule has 2 atom stereocenters. The lowest BCUT2D eigenvalue weighted by Crippen LogP contribution is -2.42. The van der Waals surface area contributed by atoms with E-state index in [1.54, 1.807) is 0 Å². The highest BCUT2D eigenvalue weighted by Crippen LogP contribution is 2.20. The first-order chi connectivity index (χ1) is 9.69. The van der Waals surface area contributed by atoms with E-state index in [4.69, 9.17) is 9.47 Å². The van der Waals surface area contributed by atoms with Gasteiger partial charge in [-0.2, -0.15) is 0 Å². The molecule has 2 fully saturated rings. The van der Waals surface area contributed by atoms with Gasteiger partial charge in [-0.1, -0.05) is 0 Å². The fraction of sp³-hybridized carbons (Fsp3) is 0.933. The lowest BCUT2D eigenvalue weighted by molar-refractivity contribution is -0.143. The maximum atomic E-state index is 11.7. The monoisotopic (exact) mass is 284 g/mol. The summed E-state index contributed by atoms with van der Waals surface area (Å²) in [6.07, 6.45) is 7.14. The van der Waals surface area contributed by atoms with Gasteiger partial charge in [0.15, 0.2) is 0 Å². The van der Waals surface area contributed by atoms with Crippen molar-refractivity contribution in [1.82, 2.24) is 10.2 Å². The van der Waals surface area contributed by atoms with Crippen LogP contribution >= 0.6 is 0 Å². The number of likely N-dealkylation sites (N-methyl/N-ethyl adjacent to an activating group) is 1. The van der Waals surface area contributed by atoms with Crippen molar-refractivity contribution < 1.29 is 14.3 Å². The molecule has 2 aliphatic rings. The van der Waals surface area contributed by atoms with Crippen LogP contribution < -0.4 is 5.32 Å². The summed E-state index contributed by atoms with van der Waals surface area (Å²) < 4.78 is 10.6. The Bertz CT molecular complexity index is 301. The van der Waals surface area contributed by atoms with E-state index in [1.807, 2.05) is 0 Å². The third-order valence-corrected chi connectivity index (χ3v) is 4.09. The second-order valence-electron chi connectivity index (χ2n) is 6.06. The van der Waals surface area contributed by atoms with Crippen molar-refractivity contribution >= 4 is 5.97 Å². The third-order valence-electron chi connectivity index (χ3n) is 4.09. The summed E-state index contributed by atoms with van der Waals surface area (Å²) >= 11 is 0. The highest BCUT2D eigenvalue weighted by atomic mass is 16.5. The molecule has 5 nitrogen and oxygen atoms in total. The van der Waals surface area contributed by atoms with E-state index in [0.717, 1.165) is 32.5 Å². The van der Waals surface area contributed by atoms with Crippen LogP contribution in [0.15, 0.2) is 0 Å². The maximum Gasteiger partial charge on any atom is 0.322 e. The summed E-state index contributed by atoms with van der Waals surface area (Å²) in [5.74, 6) is -0.140. The Hall–Kier alpha value is -0.650. The summed E-state index contributed by atoms with van der Waals surface area (Å²) in [7, 11) is 3.56. The van der Waals surface area contributed by atoms with Gasteiger partial charge in [-0.05, 0) is 52.1 Å². The van der Waals surface area contributed by atoms with E-state index in [0.29, 0.717) is 12.1 Å². The van der Waals surface area contributed by atoms with Gasteiger partial charge in [-0.25, -0.2) is 0 Å². The predicted molar refractivity (Wildman–Crippen MR) is 77.7 cm³/mol. The molecule has 0 spiro atoms. The molecule has 20 heavy (non-hydrogen) atoms. The number of carbonyl (C=O) groups is 1. The molecule has 0 aromatic carbocycles. The van der Waals surface area contributed by atoms with E-state index in [2.05, 4.69) is 17.3 Å². The molecule has 1 saturated carbocycles. The number of carbonyl (C=O) groups excluding carboxylic acids is 1. The predicted octanol–water partition coefficient (Wildman–Crippen LogP) is 1.17. The maximum absolute atomic E-state index is 11.7. The van der Waals surface area contributed by atoms with Gasteiger partial charge < -0.3 is 19.7 Å². The molecule has 2 unspecified atom stereocenters. The highest BCUT2D eigenvalue weighted by molar-refractivity contribution is 5.75. The van der Waals surface area contributed by atoms with Gasteiger partial charge in [0.05, 0.1) is 13.2 Å². The number of esters is 1. The molecule has 1 aliphatic heterocycles. The van der Waals surface area contributed by atoms with Gasteiger partial charge in [0.25, 0.3) is 0 Å². The Morgan fingerprint density at radius 3 is 2.80 bits per heavy atom. The van der Waals surface area contributed by atoms with Gasteiger partial charge in [-0.3, -0.25) is 4.79 Å². The van der Waals surface area contributed by atoms with Crippen molar-refractivity contribution in [3.05, 3.63) is 0 Å². The minimum atomic E-state index is -0.165. The summed E-state index contributed by atoms with van der Waals surface area (Å²) in [5.41, 5.74) is 0. The normalized spacial score (nSPS) is 24.6. The molecule has 0 radical (unpaired) electrons. The minimum Gasteiger partial charge on any atom is -0.468 e. The zero-order valence-corrected chi connectivity index (χ0v) is 12.8.